The van der Waals surface area contributed by atoms with Crippen molar-refractivity contribution in [1.82, 2.24) is 0 Å². The first kappa shape index (κ1) is 11.3. The Morgan fingerprint density at radius 1 is 1.06 bits per heavy atom. The van der Waals surface area contributed by atoms with Gasteiger partial charge in [0.25, 0.3) is 0 Å². The Kier molecular flexibility index (Phi) is 3.10. The van der Waals surface area contributed by atoms with Crippen LogP contribution in [0.5, 0.6) is 0 Å². The molecule has 0 N–H and O–H groups in total. The summed E-state index contributed by atoms with van der Waals surface area (Å²) in [4.78, 5) is 0. The summed E-state index contributed by atoms with van der Waals surface area (Å²) in [5.74, 6) is -0.113. The molecule has 0 fully saturated rings. The Morgan fingerprint density at radius 2 is 1.81 bits per heavy atom. The molecule has 2 heteroatoms. The van der Waals surface area contributed by atoms with Crippen LogP contribution in [0.25, 0.3) is 11.1 Å². The Hall–Kier alpha value is -1.15. The van der Waals surface area contributed by atoms with Crippen LogP contribution in [-0.2, 0) is 0 Å². The molecule has 0 bridgehead atoms. The summed E-state index contributed by atoms with van der Waals surface area (Å²) >= 11 is 3.42. The average Bonchev–Trinajstić information content (AvgIpc) is 2.26. The van der Waals surface area contributed by atoms with Gasteiger partial charge in [-0.3, -0.25) is 0 Å². The average molecular weight is 279 g/mol. The minimum atomic E-state index is -0.113. The van der Waals surface area contributed by atoms with E-state index >= 15 is 0 Å². The fourth-order valence-corrected chi connectivity index (χ4v) is 2.19. The summed E-state index contributed by atoms with van der Waals surface area (Å²) in [5.41, 5.74) is 3.38. The Morgan fingerprint density at radius 3 is 2.50 bits per heavy atom. The molecular formula is C14H12BrF. The summed E-state index contributed by atoms with van der Waals surface area (Å²) in [5, 5.41) is 0. The molecule has 0 aliphatic rings. The molecule has 0 atom stereocenters. The van der Waals surface area contributed by atoms with E-state index in [1.54, 1.807) is 6.92 Å². The van der Waals surface area contributed by atoms with Crippen LogP contribution in [-0.4, -0.2) is 0 Å². The zero-order valence-corrected chi connectivity index (χ0v) is 10.8. The summed E-state index contributed by atoms with van der Waals surface area (Å²) < 4.78 is 14.8. The van der Waals surface area contributed by atoms with Crippen molar-refractivity contribution >= 4 is 15.9 Å². The van der Waals surface area contributed by atoms with Gasteiger partial charge < -0.3 is 0 Å². The Bertz CT molecular complexity index is 532. The fourth-order valence-electron chi connectivity index (χ4n) is 1.79. The van der Waals surface area contributed by atoms with E-state index in [2.05, 4.69) is 15.9 Å². The van der Waals surface area contributed by atoms with E-state index in [1.165, 1.54) is 0 Å². The highest BCUT2D eigenvalue weighted by Gasteiger charge is 2.08. The van der Waals surface area contributed by atoms with Gasteiger partial charge in [0.2, 0.25) is 0 Å². The van der Waals surface area contributed by atoms with E-state index in [0.29, 0.717) is 11.1 Å². The van der Waals surface area contributed by atoms with Gasteiger partial charge in [-0.2, -0.15) is 0 Å². The van der Waals surface area contributed by atoms with Gasteiger partial charge in [0.1, 0.15) is 5.82 Å². The van der Waals surface area contributed by atoms with E-state index in [4.69, 9.17) is 0 Å². The maximum atomic E-state index is 13.8. The van der Waals surface area contributed by atoms with Gasteiger partial charge in [-0.15, -0.1) is 0 Å². The molecule has 0 aromatic heterocycles. The lowest BCUT2D eigenvalue weighted by atomic mass is 9.98. The number of halogens is 2. The zero-order valence-electron chi connectivity index (χ0n) is 9.22. The van der Waals surface area contributed by atoms with Gasteiger partial charge in [-0.25, -0.2) is 4.39 Å². The van der Waals surface area contributed by atoms with Crippen molar-refractivity contribution in [2.24, 2.45) is 0 Å². The van der Waals surface area contributed by atoms with E-state index in [1.807, 2.05) is 43.3 Å². The molecule has 0 aliphatic carbocycles. The molecule has 0 saturated heterocycles. The van der Waals surface area contributed by atoms with Gasteiger partial charge in [0.15, 0.2) is 0 Å². The predicted octanol–water partition coefficient (Wildman–Crippen LogP) is 4.87. The molecule has 0 radical (unpaired) electrons. The molecule has 0 spiro atoms. The molecular weight excluding hydrogens is 267 g/mol. The largest absolute Gasteiger partial charge is 0.206 e. The van der Waals surface area contributed by atoms with Crippen molar-refractivity contribution in [2.75, 3.05) is 0 Å². The molecule has 16 heavy (non-hydrogen) atoms. The minimum absolute atomic E-state index is 0.113. The van der Waals surface area contributed by atoms with Crippen molar-refractivity contribution in [3.8, 4) is 11.1 Å². The van der Waals surface area contributed by atoms with E-state index in [0.717, 1.165) is 15.6 Å². The van der Waals surface area contributed by atoms with Gasteiger partial charge in [0.05, 0.1) is 0 Å². The number of hydrogen-bond acceptors (Lipinski definition) is 0. The van der Waals surface area contributed by atoms with Crippen molar-refractivity contribution in [3.63, 3.8) is 0 Å². The van der Waals surface area contributed by atoms with Crippen molar-refractivity contribution in [1.29, 1.82) is 0 Å². The molecule has 0 heterocycles. The second-order valence-corrected chi connectivity index (χ2v) is 4.80. The molecule has 2 aromatic rings. The second kappa shape index (κ2) is 4.38. The third kappa shape index (κ3) is 2.03. The van der Waals surface area contributed by atoms with Crippen LogP contribution in [0.15, 0.2) is 40.9 Å². The van der Waals surface area contributed by atoms with Crippen LogP contribution in [0.4, 0.5) is 4.39 Å². The van der Waals surface area contributed by atoms with Crippen LogP contribution < -0.4 is 0 Å². The zero-order chi connectivity index (χ0) is 11.7. The Labute approximate surface area is 103 Å². The van der Waals surface area contributed by atoms with Crippen LogP contribution in [0, 0.1) is 19.7 Å². The van der Waals surface area contributed by atoms with E-state index in [-0.39, 0.29) is 5.82 Å². The van der Waals surface area contributed by atoms with Crippen molar-refractivity contribution in [3.05, 3.63) is 57.8 Å². The highest BCUT2D eigenvalue weighted by Crippen LogP contribution is 2.28. The normalized spacial score (nSPS) is 10.5. The molecule has 0 nitrogen and oxygen atoms in total. The van der Waals surface area contributed by atoms with Crippen LogP contribution in [0.3, 0.4) is 0 Å². The lowest BCUT2D eigenvalue weighted by molar-refractivity contribution is 0.610. The number of rotatable bonds is 1. The van der Waals surface area contributed by atoms with Crippen LogP contribution in [0.2, 0.25) is 0 Å². The van der Waals surface area contributed by atoms with Crippen LogP contribution >= 0.6 is 15.9 Å². The number of aryl methyl sites for hydroxylation is 1. The number of hydrogen-bond donors (Lipinski definition) is 0. The maximum Gasteiger partial charge on any atom is 0.129 e. The van der Waals surface area contributed by atoms with Gasteiger partial charge in [0, 0.05) is 4.47 Å². The fraction of sp³-hybridized carbons (Fsp3) is 0.143. The first-order chi connectivity index (χ1) is 7.59. The molecule has 0 saturated carbocycles. The molecule has 82 valence electrons. The monoisotopic (exact) mass is 278 g/mol. The first-order valence-corrected chi connectivity index (χ1v) is 5.90. The van der Waals surface area contributed by atoms with Crippen molar-refractivity contribution in [2.45, 2.75) is 13.8 Å². The summed E-state index contributed by atoms with van der Waals surface area (Å²) in [6.07, 6.45) is 0. The lowest BCUT2D eigenvalue weighted by Gasteiger charge is -2.09. The third-order valence-electron chi connectivity index (χ3n) is 2.72. The summed E-state index contributed by atoms with van der Waals surface area (Å²) in [7, 11) is 0. The molecule has 2 aromatic carbocycles. The van der Waals surface area contributed by atoms with Gasteiger partial charge >= 0.3 is 0 Å². The smallest absolute Gasteiger partial charge is 0.129 e. The SMILES string of the molecule is Cc1ccc(-c2cccc(Br)c2)c(C)c1F. The highest BCUT2D eigenvalue weighted by molar-refractivity contribution is 9.10. The van der Waals surface area contributed by atoms with E-state index in [9.17, 15) is 4.39 Å². The molecule has 2 rings (SSSR count). The second-order valence-electron chi connectivity index (χ2n) is 3.88. The third-order valence-corrected chi connectivity index (χ3v) is 3.21. The molecule has 0 amide bonds. The van der Waals surface area contributed by atoms with E-state index < -0.39 is 0 Å². The lowest BCUT2D eigenvalue weighted by Crippen LogP contribution is -1.91. The number of benzene rings is 2. The predicted molar refractivity (Wildman–Crippen MR) is 69.0 cm³/mol. The standard InChI is InChI=1S/C14H12BrF/c1-9-6-7-13(10(2)14(9)16)11-4-3-5-12(15)8-11/h3-8H,1-2H3. The summed E-state index contributed by atoms with van der Waals surface area (Å²) in [6, 6.07) is 11.7. The molecule has 0 aliphatic heterocycles. The van der Waals surface area contributed by atoms with Gasteiger partial charge in [-0.05, 0) is 48.2 Å². The molecule has 0 unspecified atom stereocenters. The quantitative estimate of drug-likeness (QED) is 0.698. The first-order valence-electron chi connectivity index (χ1n) is 5.11. The maximum absolute atomic E-state index is 13.8. The van der Waals surface area contributed by atoms with Crippen molar-refractivity contribution < 1.29 is 4.39 Å². The topological polar surface area (TPSA) is 0 Å². The van der Waals surface area contributed by atoms with Gasteiger partial charge in [-0.1, -0.05) is 40.2 Å². The summed E-state index contributed by atoms with van der Waals surface area (Å²) in [6.45, 7) is 3.60. The minimum Gasteiger partial charge on any atom is -0.206 e. The highest BCUT2D eigenvalue weighted by atomic mass is 79.9. The Balaban J connectivity index is 2.61. The van der Waals surface area contributed by atoms with Crippen LogP contribution in [0.1, 0.15) is 11.1 Å².